The predicted octanol–water partition coefficient (Wildman–Crippen LogP) is 4.25. The Labute approximate surface area is 159 Å². The maximum atomic E-state index is 13.2. The molecule has 142 valence electrons. The molecule has 0 aliphatic carbocycles. The van der Waals surface area contributed by atoms with Crippen LogP contribution in [0.5, 0.6) is 0 Å². The molecule has 0 unspecified atom stereocenters. The summed E-state index contributed by atoms with van der Waals surface area (Å²) in [6, 6.07) is 9.86. The van der Waals surface area contributed by atoms with Gasteiger partial charge in [0.1, 0.15) is 10.7 Å². The number of hydrogen-bond donors (Lipinski definition) is 3. The number of anilines is 1. The van der Waals surface area contributed by atoms with Gasteiger partial charge < -0.3 is 15.3 Å². The van der Waals surface area contributed by atoms with Crippen LogP contribution in [0.3, 0.4) is 0 Å². The van der Waals surface area contributed by atoms with Crippen molar-refractivity contribution in [3.05, 3.63) is 69.6 Å². The predicted molar refractivity (Wildman–Crippen MR) is 99.4 cm³/mol. The van der Waals surface area contributed by atoms with Gasteiger partial charge in [0, 0.05) is 16.6 Å². The van der Waals surface area contributed by atoms with Gasteiger partial charge in [-0.25, -0.2) is 9.78 Å². The summed E-state index contributed by atoms with van der Waals surface area (Å²) in [5.74, 6) is -0.566. The van der Waals surface area contributed by atoms with Crippen LogP contribution in [-0.2, 0) is 6.18 Å². The Morgan fingerprint density at radius 2 is 1.82 bits per heavy atom. The van der Waals surface area contributed by atoms with Gasteiger partial charge in [-0.15, -0.1) is 11.3 Å². The minimum Gasteiger partial charge on any atom is -0.321 e. The second-order valence-corrected chi connectivity index (χ2v) is 6.73. The summed E-state index contributed by atoms with van der Waals surface area (Å²) in [5.41, 5.74) is 0.260. The number of H-pyrrole nitrogens is 2. The fourth-order valence-corrected chi connectivity index (χ4v) is 3.56. The summed E-state index contributed by atoms with van der Waals surface area (Å²) in [7, 11) is 0. The zero-order valence-corrected chi connectivity index (χ0v) is 14.7. The maximum absolute atomic E-state index is 13.2. The van der Waals surface area contributed by atoms with Crippen molar-refractivity contribution >= 4 is 34.0 Å². The van der Waals surface area contributed by atoms with Crippen LogP contribution in [0.25, 0.3) is 21.6 Å². The van der Waals surface area contributed by atoms with Crippen LogP contribution in [0.4, 0.5) is 18.9 Å². The number of carbonyl (C=O) groups is 1. The van der Waals surface area contributed by atoms with Gasteiger partial charge in [0.2, 0.25) is 0 Å². The van der Waals surface area contributed by atoms with Gasteiger partial charge in [-0.05, 0) is 24.3 Å². The third kappa shape index (κ3) is 3.41. The highest BCUT2D eigenvalue weighted by Gasteiger charge is 2.34. The number of aromatic nitrogens is 3. The van der Waals surface area contributed by atoms with Crippen LogP contribution in [-0.4, -0.2) is 20.9 Å². The number of nitrogens with one attached hydrogen (secondary N) is 3. The van der Waals surface area contributed by atoms with Gasteiger partial charge >= 0.3 is 11.9 Å². The molecule has 28 heavy (non-hydrogen) atoms. The number of thiazole rings is 1. The molecular weight excluding hydrogens is 393 g/mol. The van der Waals surface area contributed by atoms with Crippen molar-refractivity contribution in [3.8, 4) is 10.6 Å². The molecule has 3 N–H and O–H groups in total. The Morgan fingerprint density at radius 1 is 1.07 bits per heavy atom. The normalized spacial score (nSPS) is 11.7. The van der Waals surface area contributed by atoms with Crippen molar-refractivity contribution in [2.45, 2.75) is 6.18 Å². The van der Waals surface area contributed by atoms with Gasteiger partial charge in [-0.1, -0.05) is 18.2 Å². The molecule has 0 spiro atoms. The first-order valence-electron chi connectivity index (χ1n) is 7.97. The quantitative estimate of drug-likeness (QED) is 0.477. The minimum absolute atomic E-state index is 0.000336. The standard InChI is InChI=1S/C18H11F3N4O2S/c19-18(20,21)11-4-2-1-3-10(11)16-23-14(8-28-16)15(26)22-9-5-6-12-13(7-9)25-17(27)24-12/h1-8H,(H,22,26)(H2,24,25,27). The molecule has 0 fully saturated rings. The number of fused-ring (bicyclic) bond motifs is 1. The first-order valence-corrected chi connectivity index (χ1v) is 8.85. The SMILES string of the molecule is O=C(Nc1ccc2[nH]c(=O)[nH]c2c1)c1csc(-c2ccccc2C(F)(F)F)n1. The summed E-state index contributed by atoms with van der Waals surface area (Å²) in [6.45, 7) is 0. The van der Waals surface area contributed by atoms with E-state index in [1.54, 1.807) is 18.2 Å². The van der Waals surface area contributed by atoms with E-state index in [2.05, 4.69) is 20.3 Å². The molecule has 2 aromatic carbocycles. The molecule has 0 saturated heterocycles. The Balaban J connectivity index is 1.60. The van der Waals surface area contributed by atoms with E-state index >= 15 is 0 Å². The molecule has 0 saturated carbocycles. The Bertz CT molecular complexity index is 1240. The zero-order chi connectivity index (χ0) is 19.9. The summed E-state index contributed by atoms with van der Waals surface area (Å²) in [5, 5.41) is 4.11. The highest BCUT2D eigenvalue weighted by molar-refractivity contribution is 7.13. The molecule has 4 aromatic rings. The van der Waals surface area contributed by atoms with E-state index in [-0.39, 0.29) is 22.0 Å². The summed E-state index contributed by atoms with van der Waals surface area (Å²) in [6.07, 6.45) is -4.52. The highest BCUT2D eigenvalue weighted by Crippen LogP contribution is 2.37. The van der Waals surface area contributed by atoms with Crippen molar-refractivity contribution in [2.75, 3.05) is 5.32 Å². The van der Waals surface area contributed by atoms with Crippen LogP contribution in [0.1, 0.15) is 16.1 Å². The largest absolute Gasteiger partial charge is 0.417 e. The third-order valence-corrected chi connectivity index (χ3v) is 4.85. The fraction of sp³-hybridized carbons (Fsp3) is 0.0556. The lowest BCUT2D eigenvalue weighted by Gasteiger charge is -2.10. The first-order chi connectivity index (χ1) is 13.3. The molecule has 4 rings (SSSR count). The van der Waals surface area contributed by atoms with E-state index < -0.39 is 17.6 Å². The van der Waals surface area contributed by atoms with Gasteiger partial charge in [0.25, 0.3) is 5.91 Å². The van der Waals surface area contributed by atoms with Crippen LogP contribution in [0.15, 0.2) is 52.6 Å². The molecular formula is C18H11F3N4O2S. The Kier molecular flexibility index (Phi) is 4.27. The first kappa shape index (κ1) is 18.0. The van der Waals surface area contributed by atoms with E-state index in [0.29, 0.717) is 16.7 Å². The lowest BCUT2D eigenvalue weighted by atomic mass is 10.1. The summed E-state index contributed by atoms with van der Waals surface area (Å²) >= 11 is 0.953. The summed E-state index contributed by atoms with van der Waals surface area (Å²) < 4.78 is 39.6. The molecule has 0 radical (unpaired) electrons. The smallest absolute Gasteiger partial charge is 0.321 e. The Morgan fingerprint density at radius 3 is 2.61 bits per heavy atom. The second-order valence-electron chi connectivity index (χ2n) is 5.87. The monoisotopic (exact) mass is 404 g/mol. The number of amides is 1. The minimum atomic E-state index is -4.52. The van der Waals surface area contributed by atoms with Gasteiger partial charge in [0.15, 0.2) is 0 Å². The van der Waals surface area contributed by atoms with E-state index in [9.17, 15) is 22.8 Å². The zero-order valence-electron chi connectivity index (χ0n) is 13.9. The van der Waals surface area contributed by atoms with Crippen LogP contribution in [0.2, 0.25) is 0 Å². The van der Waals surface area contributed by atoms with Crippen LogP contribution >= 0.6 is 11.3 Å². The number of carbonyl (C=O) groups excluding carboxylic acids is 1. The lowest BCUT2D eigenvalue weighted by Crippen LogP contribution is -2.12. The molecule has 2 aromatic heterocycles. The number of rotatable bonds is 3. The molecule has 0 atom stereocenters. The van der Waals surface area contributed by atoms with Crippen molar-refractivity contribution in [1.29, 1.82) is 0 Å². The maximum Gasteiger partial charge on any atom is 0.417 e. The van der Waals surface area contributed by atoms with Crippen molar-refractivity contribution in [3.63, 3.8) is 0 Å². The number of hydrogen-bond acceptors (Lipinski definition) is 4. The van der Waals surface area contributed by atoms with Gasteiger partial charge in [-0.2, -0.15) is 13.2 Å². The van der Waals surface area contributed by atoms with Crippen LogP contribution < -0.4 is 11.0 Å². The molecule has 10 heteroatoms. The van der Waals surface area contributed by atoms with E-state index in [4.69, 9.17) is 0 Å². The number of halogens is 3. The molecule has 2 heterocycles. The number of aromatic amines is 2. The average molecular weight is 404 g/mol. The van der Waals surface area contributed by atoms with Crippen molar-refractivity contribution in [1.82, 2.24) is 15.0 Å². The van der Waals surface area contributed by atoms with Gasteiger partial charge in [0.05, 0.1) is 16.6 Å². The molecule has 0 bridgehead atoms. The second kappa shape index (κ2) is 6.64. The number of benzene rings is 2. The number of imidazole rings is 1. The van der Waals surface area contributed by atoms with Gasteiger partial charge in [-0.3, -0.25) is 4.79 Å². The van der Waals surface area contributed by atoms with Crippen molar-refractivity contribution < 1.29 is 18.0 Å². The van der Waals surface area contributed by atoms with E-state index in [1.807, 2.05) is 0 Å². The van der Waals surface area contributed by atoms with Crippen LogP contribution in [0, 0.1) is 0 Å². The molecule has 0 aliphatic heterocycles. The topological polar surface area (TPSA) is 90.6 Å². The number of nitrogens with zero attached hydrogens (tertiary/aromatic N) is 1. The summed E-state index contributed by atoms with van der Waals surface area (Å²) in [4.78, 5) is 32.9. The Hall–Kier alpha value is -3.40. The molecule has 6 nitrogen and oxygen atoms in total. The average Bonchev–Trinajstić information content (AvgIpc) is 3.26. The number of alkyl halides is 3. The van der Waals surface area contributed by atoms with E-state index in [1.165, 1.54) is 23.6 Å². The third-order valence-electron chi connectivity index (χ3n) is 3.97. The van der Waals surface area contributed by atoms with Crippen molar-refractivity contribution in [2.24, 2.45) is 0 Å². The highest BCUT2D eigenvalue weighted by atomic mass is 32.1. The fourth-order valence-electron chi connectivity index (χ4n) is 2.72. The lowest BCUT2D eigenvalue weighted by molar-refractivity contribution is -0.137. The molecule has 0 aliphatic rings. The molecule has 1 amide bonds. The van der Waals surface area contributed by atoms with E-state index in [0.717, 1.165) is 17.4 Å².